The van der Waals surface area contributed by atoms with Gasteiger partial charge in [0.1, 0.15) is 5.60 Å². The highest BCUT2D eigenvalue weighted by Crippen LogP contribution is 2.76. The average Bonchev–Trinajstić information content (AvgIpc) is 3.36. The molecule has 2 aliphatic rings. The highest BCUT2D eigenvalue weighted by Gasteiger charge is 2.88. The first-order chi connectivity index (χ1) is 16.2. The first kappa shape index (κ1) is 26.6. The largest absolute Gasteiger partial charge is 0.481 e. The van der Waals surface area contributed by atoms with Gasteiger partial charge >= 0.3 is 24.1 Å². The molecule has 2 saturated carbocycles. The van der Waals surface area contributed by atoms with Crippen molar-refractivity contribution in [3.05, 3.63) is 29.3 Å². The Hall–Kier alpha value is -3.01. The van der Waals surface area contributed by atoms with Gasteiger partial charge < -0.3 is 30.9 Å². The number of anilines is 1. The number of benzene rings is 1. The van der Waals surface area contributed by atoms with Crippen molar-refractivity contribution in [2.75, 3.05) is 5.32 Å². The van der Waals surface area contributed by atoms with Gasteiger partial charge in [-0.05, 0) is 51.8 Å². The zero-order valence-corrected chi connectivity index (χ0v) is 21.1. The Kier molecular flexibility index (Phi) is 7.00. The summed E-state index contributed by atoms with van der Waals surface area (Å²) in [5.41, 5.74) is -3.74. The van der Waals surface area contributed by atoms with E-state index in [1.54, 1.807) is 58.9 Å². The van der Waals surface area contributed by atoms with Crippen LogP contribution in [0.15, 0.2) is 24.3 Å². The predicted octanol–water partition coefficient (Wildman–Crippen LogP) is 3.95. The summed E-state index contributed by atoms with van der Waals surface area (Å²) in [6.45, 7) is 8.38. The van der Waals surface area contributed by atoms with Crippen LogP contribution in [0.25, 0.3) is 0 Å². The van der Waals surface area contributed by atoms with Gasteiger partial charge in [0, 0.05) is 34.0 Å². The summed E-state index contributed by atoms with van der Waals surface area (Å²) in [7, 11) is 0. The van der Waals surface area contributed by atoms with E-state index in [2.05, 4.69) is 16.0 Å². The van der Waals surface area contributed by atoms with Crippen molar-refractivity contribution < 1.29 is 34.1 Å². The summed E-state index contributed by atoms with van der Waals surface area (Å²) in [6.07, 6.45) is -0.527. The van der Waals surface area contributed by atoms with Crippen LogP contribution in [0.2, 0.25) is 5.02 Å². The van der Waals surface area contributed by atoms with Crippen LogP contribution < -0.4 is 16.0 Å². The molecular formula is C24H32ClN3O7. The number of hydrogen-bond acceptors (Lipinski definition) is 5. The zero-order chi connectivity index (χ0) is 26.3. The smallest absolute Gasteiger partial charge is 0.408 e. The number of halogens is 1. The summed E-state index contributed by atoms with van der Waals surface area (Å²) >= 11 is 5.98. The molecule has 5 N–H and O–H groups in total. The Labute approximate surface area is 208 Å². The monoisotopic (exact) mass is 509 g/mol. The van der Waals surface area contributed by atoms with Crippen molar-refractivity contribution in [2.45, 2.75) is 64.6 Å². The van der Waals surface area contributed by atoms with Gasteiger partial charge in [0.2, 0.25) is 0 Å². The van der Waals surface area contributed by atoms with Gasteiger partial charge in [0.15, 0.2) is 5.54 Å². The molecule has 6 unspecified atom stereocenters. The molecule has 11 heteroatoms. The topological polar surface area (TPSA) is 154 Å². The molecule has 0 bridgehead atoms. The molecule has 192 valence electrons. The lowest BCUT2D eigenvalue weighted by Gasteiger charge is -2.42. The van der Waals surface area contributed by atoms with Crippen LogP contribution in [0.1, 0.15) is 47.5 Å². The van der Waals surface area contributed by atoms with Gasteiger partial charge in [-0.25, -0.2) is 14.4 Å². The minimum atomic E-state index is -1.96. The number of urea groups is 1. The van der Waals surface area contributed by atoms with E-state index >= 15 is 0 Å². The molecule has 35 heavy (non-hydrogen) atoms. The molecule has 0 radical (unpaired) electrons. The molecule has 2 fully saturated rings. The van der Waals surface area contributed by atoms with Crippen molar-refractivity contribution in [1.82, 2.24) is 10.6 Å². The number of rotatable bonds is 7. The Morgan fingerprint density at radius 1 is 1.14 bits per heavy atom. The second-order valence-corrected chi connectivity index (χ2v) is 10.6. The van der Waals surface area contributed by atoms with Gasteiger partial charge in [-0.2, -0.15) is 0 Å². The normalized spacial score (nSPS) is 31.1. The first-order valence-electron chi connectivity index (χ1n) is 11.6. The molecule has 10 nitrogen and oxygen atoms in total. The van der Waals surface area contributed by atoms with Crippen LogP contribution in [0, 0.1) is 23.2 Å². The van der Waals surface area contributed by atoms with Crippen molar-refractivity contribution in [2.24, 2.45) is 23.2 Å². The van der Waals surface area contributed by atoms with Crippen LogP contribution in [0.4, 0.5) is 15.3 Å². The van der Waals surface area contributed by atoms with E-state index in [4.69, 9.17) is 16.3 Å². The number of fused-ring (bicyclic) bond motifs is 1. The molecule has 0 spiro atoms. The second-order valence-electron chi connectivity index (χ2n) is 10.1. The van der Waals surface area contributed by atoms with Crippen LogP contribution in [0.5, 0.6) is 0 Å². The maximum absolute atomic E-state index is 12.9. The van der Waals surface area contributed by atoms with Crippen LogP contribution in [0.3, 0.4) is 0 Å². The molecule has 3 amide bonds. The zero-order valence-electron chi connectivity index (χ0n) is 20.3. The predicted molar refractivity (Wildman–Crippen MR) is 128 cm³/mol. The van der Waals surface area contributed by atoms with Crippen LogP contribution in [-0.4, -0.2) is 51.5 Å². The highest BCUT2D eigenvalue weighted by molar-refractivity contribution is 6.30. The van der Waals surface area contributed by atoms with Crippen LogP contribution >= 0.6 is 11.6 Å². The quantitative estimate of drug-likeness (QED) is 0.373. The van der Waals surface area contributed by atoms with Gasteiger partial charge in [-0.1, -0.05) is 31.5 Å². The van der Waals surface area contributed by atoms with Gasteiger partial charge in [-0.15, -0.1) is 0 Å². The lowest BCUT2D eigenvalue weighted by atomic mass is 9.70. The molecule has 0 saturated heterocycles. The summed E-state index contributed by atoms with van der Waals surface area (Å²) in [5, 5.41) is 28.9. The van der Waals surface area contributed by atoms with Crippen molar-refractivity contribution in [1.29, 1.82) is 0 Å². The second kappa shape index (κ2) is 9.22. The molecular weight excluding hydrogens is 478 g/mol. The number of amides is 3. The highest BCUT2D eigenvalue weighted by atomic mass is 35.5. The maximum atomic E-state index is 12.9. The van der Waals surface area contributed by atoms with Crippen molar-refractivity contribution in [3.63, 3.8) is 0 Å². The van der Waals surface area contributed by atoms with Crippen molar-refractivity contribution >= 4 is 41.4 Å². The molecule has 0 aliphatic heterocycles. The van der Waals surface area contributed by atoms with E-state index in [1.165, 1.54) is 0 Å². The lowest BCUT2D eigenvalue weighted by Crippen LogP contribution is -2.66. The van der Waals surface area contributed by atoms with Gasteiger partial charge in [-0.3, -0.25) is 4.79 Å². The number of aliphatic carboxylic acids is 2. The SMILES string of the molecule is CCC1C(NC(=O)Nc2cccc(Cl)c2)C2C(C(=O)O)C2(CC)C1(NC(=O)OC(C)(C)C)C(=O)O. The summed E-state index contributed by atoms with van der Waals surface area (Å²) in [6, 6.07) is 5.03. The fourth-order valence-electron chi connectivity index (χ4n) is 6.20. The molecule has 2 aliphatic carbocycles. The lowest BCUT2D eigenvalue weighted by molar-refractivity contribution is -0.153. The number of nitrogens with one attached hydrogen (secondary N) is 3. The van der Waals surface area contributed by atoms with E-state index in [0.717, 1.165) is 0 Å². The fourth-order valence-corrected chi connectivity index (χ4v) is 6.39. The average molecular weight is 510 g/mol. The molecule has 1 aromatic rings. The third kappa shape index (κ3) is 4.39. The molecule has 0 heterocycles. The van der Waals surface area contributed by atoms with E-state index in [9.17, 15) is 29.4 Å². The van der Waals surface area contributed by atoms with Crippen molar-refractivity contribution in [3.8, 4) is 0 Å². The fraction of sp³-hybridized carbons (Fsp3) is 0.583. The standard InChI is InChI=1S/C24H32ClN3O7/c1-6-14-17(27-20(33)26-13-10-8-9-12(25)11-13)15-16(18(29)30)23(15,7-2)24(14,19(31)32)28-21(34)35-22(3,4)5/h8-11,14-17H,6-7H2,1-5H3,(H,28,34)(H,29,30)(H,31,32)(H2,26,27,33). The maximum Gasteiger partial charge on any atom is 0.408 e. The van der Waals surface area contributed by atoms with E-state index < -0.39 is 64.4 Å². The number of carbonyl (C=O) groups excluding carboxylic acids is 2. The summed E-state index contributed by atoms with van der Waals surface area (Å²) in [4.78, 5) is 50.9. The van der Waals surface area contributed by atoms with E-state index in [1.807, 2.05) is 0 Å². The Bertz CT molecular complexity index is 1040. The molecule has 3 rings (SSSR count). The minimum absolute atomic E-state index is 0.168. The summed E-state index contributed by atoms with van der Waals surface area (Å²) in [5.74, 6) is -5.10. The Balaban J connectivity index is 2.01. The Morgan fingerprint density at radius 2 is 1.80 bits per heavy atom. The number of carboxylic acids is 2. The van der Waals surface area contributed by atoms with Gasteiger partial charge in [0.05, 0.1) is 5.92 Å². The number of ether oxygens (including phenoxy) is 1. The number of hydrogen-bond donors (Lipinski definition) is 5. The molecule has 6 atom stereocenters. The minimum Gasteiger partial charge on any atom is -0.481 e. The third-order valence-electron chi connectivity index (χ3n) is 7.22. The van der Waals surface area contributed by atoms with E-state index in [-0.39, 0.29) is 12.8 Å². The number of alkyl carbamates (subject to hydrolysis) is 1. The number of carbonyl (C=O) groups is 4. The Morgan fingerprint density at radius 3 is 2.29 bits per heavy atom. The van der Waals surface area contributed by atoms with E-state index in [0.29, 0.717) is 10.7 Å². The molecule has 1 aromatic carbocycles. The first-order valence-corrected chi connectivity index (χ1v) is 11.9. The van der Waals surface area contributed by atoms with Gasteiger partial charge in [0.25, 0.3) is 0 Å². The summed E-state index contributed by atoms with van der Waals surface area (Å²) < 4.78 is 5.35. The third-order valence-corrected chi connectivity index (χ3v) is 7.45. The molecule has 0 aromatic heterocycles. The van der Waals surface area contributed by atoms with Crippen LogP contribution in [-0.2, 0) is 14.3 Å². The number of carboxylic acid groups (broad SMARTS) is 2.